The fraction of sp³-hybridized carbons (Fsp3) is 0.286. The Morgan fingerprint density at radius 3 is 2.75 bits per heavy atom. The van der Waals surface area contributed by atoms with Gasteiger partial charge in [-0.2, -0.15) is 0 Å². The van der Waals surface area contributed by atoms with Crippen LogP contribution < -0.4 is 5.73 Å². The fourth-order valence-corrected chi connectivity index (χ4v) is 1.03. The number of rotatable bonds is 2. The van der Waals surface area contributed by atoms with Crippen LogP contribution >= 0.6 is 23.2 Å². The number of halogens is 2. The second kappa shape index (κ2) is 4.05. The molecule has 0 aliphatic heterocycles. The highest BCUT2D eigenvalue weighted by molar-refractivity contribution is 6.41. The Morgan fingerprint density at radius 1 is 1.58 bits per heavy atom. The lowest BCUT2D eigenvalue weighted by atomic mass is 10.2. The zero-order valence-corrected chi connectivity index (χ0v) is 7.68. The first kappa shape index (κ1) is 9.74. The van der Waals surface area contributed by atoms with Gasteiger partial charge < -0.3 is 10.8 Å². The van der Waals surface area contributed by atoms with Crippen LogP contribution in [0.5, 0.6) is 0 Å². The third kappa shape index (κ3) is 2.08. The van der Waals surface area contributed by atoms with E-state index in [9.17, 15) is 5.11 Å². The second-order valence-corrected chi connectivity index (χ2v) is 3.06. The summed E-state index contributed by atoms with van der Waals surface area (Å²) in [5.41, 5.74) is 5.81. The SMILES string of the molecule is NC[C@H](O)c1cnc(Cl)c(Cl)c1. The summed E-state index contributed by atoms with van der Waals surface area (Å²) >= 11 is 11.2. The molecule has 0 fully saturated rings. The van der Waals surface area contributed by atoms with Crippen LogP contribution in [0.25, 0.3) is 0 Å². The van der Waals surface area contributed by atoms with Crippen LogP contribution in [0.2, 0.25) is 10.2 Å². The molecular formula is C7H8Cl2N2O. The molecule has 0 unspecified atom stereocenters. The summed E-state index contributed by atoms with van der Waals surface area (Å²) in [5.74, 6) is 0. The van der Waals surface area contributed by atoms with E-state index in [1.165, 1.54) is 6.20 Å². The molecule has 1 aromatic rings. The van der Waals surface area contributed by atoms with Gasteiger partial charge in [0.15, 0.2) is 0 Å². The summed E-state index contributed by atoms with van der Waals surface area (Å²) in [6.07, 6.45) is 0.721. The number of aromatic nitrogens is 1. The monoisotopic (exact) mass is 206 g/mol. The lowest BCUT2D eigenvalue weighted by Gasteiger charge is -2.07. The van der Waals surface area contributed by atoms with Gasteiger partial charge in [0.05, 0.1) is 11.1 Å². The molecule has 1 aromatic heterocycles. The minimum absolute atomic E-state index is 0.139. The van der Waals surface area contributed by atoms with E-state index in [1.54, 1.807) is 6.07 Å². The molecule has 1 heterocycles. The van der Waals surface area contributed by atoms with Crippen LogP contribution in [-0.2, 0) is 0 Å². The van der Waals surface area contributed by atoms with Gasteiger partial charge in [-0.3, -0.25) is 0 Å². The lowest BCUT2D eigenvalue weighted by molar-refractivity contribution is 0.186. The maximum absolute atomic E-state index is 9.28. The molecule has 0 saturated carbocycles. The first-order valence-corrected chi connectivity index (χ1v) is 4.10. The number of pyridine rings is 1. The summed E-state index contributed by atoms with van der Waals surface area (Å²) < 4.78 is 0. The van der Waals surface area contributed by atoms with Crippen molar-refractivity contribution >= 4 is 23.2 Å². The molecule has 0 saturated heterocycles. The van der Waals surface area contributed by atoms with Gasteiger partial charge in [0.2, 0.25) is 0 Å². The molecule has 1 rings (SSSR count). The van der Waals surface area contributed by atoms with E-state index in [1.807, 2.05) is 0 Å². The van der Waals surface area contributed by atoms with Gasteiger partial charge >= 0.3 is 0 Å². The van der Waals surface area contributed by atoms with Gasteiger partial charge in [0.25, 0.3) is 0 Å². The van der Waals surface area contributed by atoms with Crippen LogP contribution in [0.3, 0.4) is 0 Å². The van der Waals surface area contributed by atoms with Gasteiger partial charge in [-0.05, 0) is 6.07 Å². The molecule has 0 spiro atoms. The van der Waals surface area contributed by atoms with Crippen LogP contribution in [0.15, 0.2) is 12.3 Å². The molecule has 12 heavy (non-hydrogen) atoms. The first-order chi connectivity index (χ1) is 5.65. The minimum atomic E-state index is -0.729. The summed E-state index contributed by atoms with van der Waals surface area (Å²) in [6, 6.07) is 1.55. The van der Waals surface area contributed by atoms with E-state index in [2.05, 4.69) is 4.98 Å². The van der Waals surface area contributed by atoms with Crippen molar-refractivity contribution in [3.8, 4) is 0 Å². The van der Waals surface area contributed by atoms with Gasteiger partial charge in [-0.1, -0.05) is 23.2 Å². The minimum Gasteiger partial charge on any atom is -0.387 e. The Hall–Kier alpha value is -0.350. The number of nitrogens with zero attached hydrogens (tertiary/aromatic N) is 1. The predicted octanol–water partition coefficient (Wildman–Crippen LogP) is 1.38. The molecule has 0 aliphatic rings. The van der Waals surface area contributed by atoms with Crippen molar-refractivity contribution in [3.05, 3.63) is 28.0 Å². The highest BCUT2D eigenvalue weighted by atomic mass is 35.5. The molecular weight excluding hydrogens is 199 g/mol. The van der Waals surface area contributed by atoms with Crippen molar-refractivity contribution in [2.24, 2.45) is 5.73 Å². The summed E-state index contributed by atoms with van der Waals surface area (Å²) in [4.78, 5) is 3.77. The third-order valence-corrected chi connectivity index (χ3v) is 2.11. The number of nitrogens with two attached hydrogens (primary N) is 1. The van der Waals surface area contributed by atoms with Gasteiger partial charge in [-0.25, -0.2) is 4.98 Å². The molecule has 66 valence electrons. The van der Waals surface area contributed by atoms with Gasteiger partial charge in [0.1, 0.15) is 5.15 Å². The number of aliphatic hydroxyl groups is 1. The van der Waals surface area contributed by atoms with Crippen molar-refractivity contribution in [2.45, 2.75) is 6.10 Å². The summed E-state index contributed by atoms with van der Waals surface area (Å²) in [6.45, 7) is 0.139. The normalized spacial score (nSPS) is 13.0. The Kier molecular flexibility index (Phi) is 3.29. The smallest absolute Gasteiger partial charge is 0.147 e. The topological polar surface area (TPSA) is 59.1 Å². The summed E-state index contributed by atoms with van der Waals surface area (Å²) in [5, 5.41) is 9.83. The van der Waals surface area contributed by atoms with Crippen LogP contribution in [0, 0.1) is 0 Å². The molecule has 0 radical (unpaired) electrons. The highest BCUT2D eigenvalue weighted by Crippen LogP contribution is 2.22. The van der Waals surface area contributed by atoms with Crippen molar-refractivity contribution in [3.63, 3.8) is 0 Å². The van der Waals surface area contributed by atoms with E-state index in [-0.39, 0.29) is 11.7 Å². The van der Waals surface area contributed by atoms with Gasteiger partial charge in [-0.15, -0.1) is 0 Å². The van der Waals surface area contributed by atoms with E-state index >= 15 is 0 Å². The lowest BCUT2D eigenvalue weighted by Crippen LogP contribution is -2.11. The zero-order chi connectivity index (χ0) is 9.14. The molecule has 0 aromatic carbocycles. The predicted molar refractivity (Wildman–Crippen MR) is 48.3 cm³/mol. The maximum Gasteiger partial charge on any atom is 0.147 e. The first-order valence-electron chi connectivity index (χ1n) is 3.34. The third-order valence-electron chi connectivity index (χ3n) is 1.43. The average Bonchev–Trinajstić information content (AvgIpc) is 2.08. The number of hydrogen-bond donors (Lipinski definition) is 2. The standard InChI is InChI=1S/C7H8Cl2N2O/c8-5-1-4(6(12)2-10)3-11-7(5)9/h1,3,6,12H,2,10H2/t6-/m0/s1. The Labute approximate surface area is 80.1 Å². The average molecular weight is 207 g/mol. The second-order valence-electron chi connectivity index (χ2n) is 2.29. The van der Waals surface area contributed by atoms with Crippen LogP contribution in [0.1, 0.15) is 11.7 Å². The molecule has 3 N–H and O–H groups in total. The summed E-state index contributed by atoms with van der Waals surface area (Å²) in [7, 11) is 0. The van der Waals surface area contributed by atoms with Crippen LogP contribution in [-0.4, -0.2) is 16.6 Å². The molecule has 0 aliphatic carbocycles. The Morgan fingerprint density at radius 2 is 2.25 bits per heavy atom. The number of aliphatic hydroxyl groups excluding tert-OH is 1. The van der Waals surface area contributed by atoms with Crippen molar-refractivity contribution in [1.29, 1.82) is 0 Å². The highest BCUT2D eigenvalue weighted by Gasteiger charge is 2.07. The molecule has 3 nitrogen and oxygen atoms in total. The van der Waals surface area contributed by atoms with Crippen molar-refractivity contribution in [1.82, 2.24) is 4.98 Å². The number of hydrogen-bond acceptors (Lipinski definition) is 3. The largest absolute Gasteiger partial charge is 0.387 e. The van der Waals surface area contributed by atoms with E-state index in [4.69, 9.17) is 28.9 Å². The van der Waals surface area contributed by atoms with Crippen molar-refractivity contribution in [2.75, 3.05) is 6.54 Å². The van der Waals surface area contributed by atoms with Crippen molar-refractivity contribution < 1.29 is 5.11 Å². The Balaban J connectivity index is 2.96. The van der Waals surface area contributed by atoms with E-state index in [0.29, 0.717) is 10.6 Å². The van der Waals surface area contributed by atoms with E-state index in [0.717, 1.165) is 0 Å². The van der Waals surface area contributed by atoms with E-state index < -0.39 is 6.10 Å². The fourth-order valence-electron chi connectivity index (χ4n) is 0.754. The molecule has 0 amide bonds. The van der Waals surface area contributed by atoms with Crippen LogP contribution in [0.4, 0.5) is 0 Å². The maximum atomic E-state index is 9.28. The molecule has 0 bridgehead atoms. The Bertz CT molecular complexity index is 280. The quantitative estimate of drug-likeness (QED) is 0.720. The molecule has 1 atom stereocenters. The zero-order valence-electron chi connectivity index (χ0n) is 6.17. The molecule has 5 heteroatoms. The van der Waals surface area contributed by atoms with Gasteiger partial charge in [0, 0.05) is 18.3 Å².